The van der Waals surface area contributed by atoms with E-state index in [2.05, 4.69) is 19.2 Å². The first kappa shape index (κ1) is 19.2. The third-order valence-electron chi connectivity index (χ3n) is 4.27. The van der Waals surface area contributed by atoms with Gasteiger partial charge in [0.2, 0.25) is 5.91 Å². The Kier molecular flexibility index (Phi) is 6.35. The molecular formula is C22H24N2O2S. The Bertz CT molecular complexity index is 846. The molecule has 1 aliphatic heterocycles. The standard InChI is InChI=1S/C22H24N2O2S/c1-16(2)12-13-23-21(25)15-24-18-10-6-7-11-19(18)27-20(22(24)26)14-17-8-4-3-5-9-17/h3-11,14,16H,12-13,15H2,1-2H3,(H,23,25). The largest absolute Gasteiger partial charge is 0.355 e. The average molecular weight is 381 g/mol. The number of hydrogen-bond donors (Lipinski definition) is 1. The first-order valence-corrected chi connectivity index (χ1v) is 9.98. The van der Waals surface area contributed by atoms with Gasteiger partial charge in [0.1, 0.15) is 6.54 Å². The van der Waals surface area contributed by atoms with E-state index in [0.29, 0.717) is 17.4 Å². The average Bonchev–Trinajstić information content (AvgIpc) is 2.65. The topological polar surface area (TPSA) is 49.4 Å². The zero-order chi connectivity index (χ0) is 19.2. The van der Waals surface area contributed by atoms with Gasteiger partial charge in [-0.1, -0.05) is 68.1 Å². The predicted molar refractivity (Wildman–Crippen MR) is 112 cm³/mol. The number of anilines is 1. The number of thioether (sulfide) groups is 1. The Morgan fingerprint density at radius 2 is 1.81 bits per heavy atom. The van der Waals surface area contributed by atoms with E-state index in [9.17, 15) is 9.59 Å². The summed E-state index contributed by atoms with van der Waals surface area (Å²) in [6.45, 7) is 4.89. The van der Waals surface area contributed by atoms with Gasteiger partial charge in [-0.3, -0.25) is 14.5 Å². The number of benzene rings is 2. The zero-order valence-corrected chi connectivity index (χ0v) is 16.5. The molecule has 0 bridgehead atoms. The SMILES string of the molecule is CC(C)CCNC(=O)CN1C(=O)C(=Cc2ccccc2)Sc2ccccc21. The van der Waals surface area contributed by atoms with Gasteiger partial charge in [0, 0.05) is 11.4 Å². The molecule has 27 heavy (non-hydrogen) atoms. The van der Waals surface area contributed by atoms with Crippen LogP contribution in [0, 0.1) is 5.92 Å². The molecule has 2 aromatic carbocycles. The van der Waals surface area contributed by atoms with E-state index in [1.165, 1.54) is 11.8 Å². The number of nitrogens with zero attached hydrogens (tertiary/aromatic N) is 1. The lowest BCUT2D eigenvalue weighted by molar-refractivity contribution is -0.122. The van der Waals surface area contributed by atoms with Crippen LogP contribution in [0.15, 0.2) is 64.4 Å². The van der Waals surface area contributed by atoms with Crippen LogP contribution in [0.1, 0.15) is 25.8 Å². The molecule has 140 valence electrons. The van der Waals surface area contributed by atoms with E-state index in [4.69, 9.17) is 0 Å². The third-order valence-corrected chi connectivity index (χ3v) is 5.35. The van der Waals surface area contributed by atoms with E-state index in [1.54, 1.807) is 4.90 Å². The second-order valence-corrected chi connectivity index (χ2v) is 8.00. The summed E-state index contributed by atoms with van der Waals surface area (Å²) in [5, 5.41) is 2.92. The highest BCUT2D eigenvalue weighted by Gasteiger charge is 2.30. The van der Waals surface area contributed by atoms with Crippen LogP contribution in [0.3, 0.4) is 0 Å². The molecule has 0 fully saturated rings. The Morgan fingerprint density at radius 3 is 2.56 bits per heavy atom. The molecule has 0 radical (unpaired) electrons. The van der Waals surface area contributed by atoms with Gasteiger partial charge in [0.25, 0.3) is 5.91 Å². The van der Waals surface area contributed by atoms with Crippen molar-refractivity contribution >= 4 is 35.3 Å². The second-order valence-electron chi connectivity index (χ2n) is 6.91. The predicted octanol–water partition coefficient (Wildman–Crippen LogP) is 4.33. The summed E-state index contributed by atoms with van der Waals surface area (Å²) in [5.41, 5.74) is 1.76. The molecule has 4 nitrogen and oxygen atoms in total. The molecule has 1 aliphatic rings. The molecule has 0 saturated heterocycles. The number of nitrogens with one attached hydrogen (secondary N) is 1. The lowest BCUT2D eigenvalue weighted by Crippen LogP contribution is -2.43. The summed E-state index contributed by atoms with van der Waals surface area (Å²) in [5.74, 6) is 0.255. The van der Waals surface area contributed by atoms with Crippen LogP contribution in [-0.4, -0.2) is 24.9 Å². The Hall–Kier alpha value is -2.53. The van der Waals surface area contributed by atoms with E-state index in [0.717, 1.165) is 22.6 Å². The number of rotatable bonds is 6. The highest BCUT2D eigenvalue weighted by Crippen LogP contribution is 2.41. The van der Waals surface area contributed by atoms with E-state index >= 15 is 0 Å². The molecule has 0 aromatic heterocycles. The van der Waals surface area contributed by atoms with Crippen molar-refractivity contribution < 1.29 is 9.59 Å². The van der Waals surface area contributed by atoms with Gasteiger partial charge in [-0.2, -0.15) is 0 Å². The van der Waals surface area contributed by atoms with E-state index < -0.39 is 0 Å². The monoisotopic (exact) mass is 380 g/mol. The minimum Gasteiger partial charge on any atom is -0.355 e. The molecular weight excluding hydrogens is 356 g/mol. The molecule has 0 aliphatic carbocycles. The van der Waals surface area contributed by atoms with Crippen molar-refractivity contribution in [2.75, 3.05) is 18.0 Å². The van der Waals surface area contributed by atoms with Crippen LogP contribution < -0.4 is 10.2 Å². The van der Waals surface area contributed by atoms with Gasteiger partial charge in [0.05, 0.1) is 10.6 Å². The van der Waals surface area contributed by atoms with E-state index in [1.807, 2.05) is 60.7 Å². The van der Waals surface area contributed by atoms with E-state index in [-0.39, 0.29) is 18.4 Å². The summed E-state index contributed by atoms with van der Waals surface area (Å²) in [4.78, 5) is 28.6. The number of carbonyl (C=O) groups excluding carboxylic acids is 2. The number of carbonyl (C=O) groups is 2. The maximum atomic E-state index is 13.1. The minimum absolute atomic E-state index is 0.0284. The molecule has 1 N–H and O–H groups in total. The fraction of sp³-hybridized carbons (Fsp3) is 0.273. The lowest BCUT2D eigenvalue weighted by Gasteiger charge is -2.29. The van der Waals surface area contributed by atoms with Crippen molar-refractivity contribution in [2.45, 2.75) is 25.2 Å². The van der Waals surface area contributed by atoms with Crippen LogP contribution in [0.5, 0.6) is 0 Å². The summed E-state index contributed by atoms with van der Waals surface area (Å²) >= 11 is 1.45. The fourth-order valence-corrected chi connectivity index (χ4v) is 3.88. The van der Waals surface area contributed by atoms with Gasteiger partial charge >= 0.3 is 0 Å². The van der Waals surface area contributed by atoms with Gasteiger partial charge < -0.3 is 5.32 Å². The third kappa shape index (κ3) is 5.01. The van der Waals surface area contributed by atoms with Crippen molar-refractivity contribution in [1.29, 1.82) is 0 Å². The quantitative estimate of drug-likeness (QED) is 0.759. The highest BCUT2D eigenvalue weighted by molar-refractivity contribution is 8.04. The lowest BCUT2D eigenvalue weighted by atomic mass is 10.1. The number of para-hydroxylation sites is 1. The summed E-state index contributed by atoms with van der Waals surface area (Å²) < 4.78 is 0. The van der Waals surface area contributed by atoms with Gasteiger partial charge in [-0.15, -0.1) is 0 Å². The molecule has 2 aromatic rings. The number of amides is 2. The second kappa shape index (κ2) is 8.91. The molecule has 5 heteroatoms. The van der Waals surface area contributed by atoms with Crippen molar-refractivity contribution in [3.8, 4) is 0 Å². The molecule has 3 rings (SSSR count). The molecule has 0 spiro atoms. The van der Waals surface area contributed by atoms with Crippen molar-refractivity contribution in [2.24, 2.45) is 5.92 Å². The molecule has 2 amide bonds. The van der Waals surface area contributed by atoms with Crippen LogP contribution >= 0.6 is 11.8 Å². The minimum atomic E-state index is -0.137. The van der Waals surface area contributed by atoms with Crippen molar-refractivity contribution in [3.63, 3.8) is 0 Å². The normalized spacial score (nSPS) is 15.1. The van der Waals surface area contributed by atoms with Crippen LogP contribution in [0.4, 0.5) is 5.69 Å². The maximum absolute atomic E-state index is 13.1. The van der Waals surface area contributed by atoms with Crippen LogP contribution in [0.2, 0.25) is 0 Å². The Labute approximate surface area is 164 Å². The van der Waals surface area contributed by atoms with Gasteiger partial charge in [-0.05, 0) is 36.1 Å². The Morgan fingerprint density at radius 1 is 1.11 bits per heavy atom. The first-order chi connectivity index (χ1) is 13.0. The number of fused-ring (bicyclic) bond motifs is 1. The molecule has 0 unspecified atom stereocenters. The van der Waals surface area contributed by atoms with Crippen molar-refractivity contribution in [1.82, 2.24) is 5.32 Å². The van der Waals surface area contributed by atoms with Gasteiger partial charge in [-0.25, -0.2) is 0 Å². The van der Waals surface area contributed by atoms with Gasteiger partial charge in [0.15, 0.2) is 0 Å². The first-order valence-electron chi connectivity index (χ1n) is 9.17. The summed E-state index contributed by atoms with van der Waals surface area (Å²) in [7, 11) is 0. The fourth-order valence-electron chi connectivity index (χ4n) is 2.82. The Balaban J connectivity index is 1.82. The molecule has 0 atom stereocenters. The maximum Gasteiger partial charge on any atom is 0.265 e. The zero-order valence-electron chi connectivity index (χ0n) is 15.6. The summed E-state index contributed by atoms with van der Waals surface area (Å²) in [6.07, 6.45) is 2.80. The summed E-state index contributed by atoms with van der Waals surface area (Å²) in [6, 6.07) is 17.5. The number of hydrogen-bond acceptors (Lipinski definition) is 3. The van der Waals surface area contributed by atoms with Crippen LogP contribution in [-0.2, 0) is 9.59 Å². The smallest absolute Gasteiger partial charge is 0.265 e. The highest BCUT2D eigenvalue weighted by atomic mass is 32.2. The van der Waals surface area contributed by atoms with Crippen molar-refractivity contribution in [3.05, 3.63) is 65.1 Å². The van der Waals surface area contributed by atoms with Crippen LogP contribution in [0.25, 0.3) is 6.08 Å². The molecule has 1 heterocycles. The molecule has 0 saturated carbocycles.